The maximum absolute atomic E-state index is 12.5. The van der Waals surface area contributed by atoms with Crippen molar-refractivity contribution in [1.29, 1.82) is 5.26 Å². The molecule has 5 rings (SSSR count). The summed E-state index contributed by atoms with van der Waals surface area (Å²) in [5, 5.41) is 9.95. The van der Waals surface area contributed by atoms with Crippen molar-refractivity contribution in [2.45, 2.75) is 39.2 Å². The lowest BCUT2D eigenvalue weighted by Crippen LogP contribution is -2.21. The van der Waals surface area contributed by atoms with Gasteiger partial charge in [-0.3, -0.25) is 0 Å². The lowest BCUT2D eigenvalue weighted by molar-refractivity contribution is -0.136. The summed E-state index contributed by atoms with van der Waals surface area (Å²) in [7, 11) is 0. The molecule has 0 aromatic heterocycles. The lowest BCUT2D eigenvalue weighted by Gasteiger charge is -2.27. The van der Waals surface area contributed by atoms with Gasteiger partial charge in [0.2, 0.25) is 5.88 Å². The Hall–Kier alpha value is -5.22. The van der Waals surface area contributed by atoms with Gasteiger partial charge in [-0.05, 0) is 59.9 Å². The van der Waals surface area contributed by atoms with Gasteiger partial charge in [-0.25, -0.2) is 4.79 Å². The van der Waals surface area contributed by atoms with E-state index < -0.39 is 11.9 Å². The Kier molecular flexibility index (Phi) is 8.44. The Morgan fingerprint density at radius 2 is 1.67 bits per heavy atom. The summed E-state index contributed by atoms with van der Waals surface area (Å²) in [6.45, 7) is 6.43. The van der Waals surface area contributed by atoms with E-state index in [-0.39, 0.29) is 18.2 Å². The van der Waals surface area contributed by atoms with Crippen molar-refractivity contribution in [3.63, 3.8) is 0 Å². The van der Waals surface area contributed by atoms with Crippen LogP contribution in [0.15, 0.2) is 102 Å². The maximum Gasteiger partial charge on any atom is 0.349 e. The third-order valence-electron chi connectivity index (χ3n) is 7.04. The minimum atomic E-state index is -0.560. The van der Waals surface area contributed by atoms with Crippen molar-refractivity contribution in [3.8, 4) is 29.1 Å². The van der Waals surface area contributed by atoms with Crippen molar-refractivity contribution >= 4 is 5.97 Å². The van der Waals surface area contributed by atoms with Crippen LogP contribution in [0.4, 0.5) is 0 Å². The van der Waals surface area contributed by atoms with Crippen LogP contribution >= 0.6 is 0 Å². The molecule has 2 N–H and O–H groups in total. The number of carbonyl (C=O) groups is 1. The molecule has 0 saturated heterocycles. The fourth-order valence-electron chi connectivity index (χ4n) is 4.73. The van der Waals surface area contributed by atoms with Gasteiger partial charge in [-0.2, -0.15) is 5.26 Å². The van der Waals surface area contributed by atoms with Gasteiger partial charge in [0.1, 0.15) is 41.2 Å². The van der Waals surface area contributed by atoms with E-state index in [0.29, 0.717) is 35.3 Å². The molecule has 4 aromatic carbocycles. The molecule has 1 unspecified atom stereocenters. The summed E-state index contributed by atoms with van der Waals surface area (Å²) in [6.07, 6.45) is 0. The smallest absolute Gasteiger partial charge is 0.349 e. The van der Waals surface area contributed by atoms with Crippen LogP contribution in [0.2, 0.25) is 0 Å². The van der Waals surface area contributed by atoms with Gasteiger partial charge >= 0.3 is 5.97 Å². The number of fused-ring (bicyclic) bond motifs is 1. The second-order valence-electron chi connectivity index (χ2n) is 10.5. The molecule has 4 aromatic rings. The van der Waals surface area contributed by atoms with Crippen molar-refractivity contribution in [1.82, 2.24) is 0 Å². The summed E-state index contributed by atoms with van der Waals surface area (Å²) in [5.41, 5.74) is 11.4. The van der Waals surface area contributed by atoms with Crippen LogP contribution in [0, 0.1) is 18.3 Å². The summed E-state index contributed by atoms with van der Waals surface area (Å²) < 4.78 is 22.9. The van der Waals surface area contributed by atoms with Crippen LogP contribution in [0.25, 0.3) is 0 Å². The van der Waals surface area contributed by atoms with E-state index in [9.17, 15) is 10.1 Å². The molecular formula is C35H32N2O5. The third-order valence-corrected chi connectivity index (χ3v) is 7.04. The quantitative estimate of drug-likeness (QED) is 0.175. The van der Waals surface area contributed by atoms with Gasteiger partial charge in [-0.1, -0.05) is 74.0 Å². The maximum atomic E-state index is 12.5. The second kappa shape index (κ2) is 12.5. The van der Waals surface area contributed by atoms with Crippen LogP contribution in [0.3, 0.4) is 0 Å². The SMILES string of the molecule is Cc1ccc(COc2cccc(C3C(C#N)=C(N)Oc4cc(OC(=O)COc5ccc(C(C)C)cc5)ccc43)c2)cc1. The van der Waals surface area contributed by atoms with E-state index in [4.69, 9.17) is 24.7 Å². The molecule has 0 aliphatic carbocycles. The molecule has 1 aliphatic rings. The molecule has 0 amide bonds. The molecule has 7 heteroatoms. The molecule has 7 nitrogen and oxygen atoms in total. The molecule has 0 fully saturated rings. The standard InChI is InChI=1S/C35H32N2O5/c1-22(2)25-11-13-27(14-12-25)40-21-33(38)41-29-15-16-30-32(18-29)42-35(37)31(19-36)34(30)26-5-4-6-28(17-26)39-20-24-9-7-23(3)8-10-24/h4-18,22,34H,20-21,37H2,1-3H3. The fraction of sp³-hybridized carbons (Fsp3) is 0.200. The molecule has 0 spiro atoms. The summed E-state index contributed by atoms with van der Waals surface area (Å²) in [4.78, 5) is 12.5. The predicted molar refractivity (Wildman–Crippen MR) is 159 cm³/mol. The van der Waals surface area contributed by atoms with E-state index in [0.717, 1.165) is 16.7 Å². The minimum Gasteiger partial charge on any atom is -0.489 e. The highest BCUT2D eigenvalue weighted by atomic mass is 16.6. The van der Waals surface area contributed by atoms with Crippen molar-refractivity contribution in [2.24, 2.45) is 5.73 Å². The van der Waals surface area contributed by atoms with Gasteiger partial charge in [0.15, 0.2) is 6.61 Å². The predicted octanol–water partition coefficient (Wildman–Crippen LogP) is 6.90. The first-order valence-corrected chi connectivity index (χ1v) is 13.7. The number of hydrogen-bond donors (Lipinski definition) is 1. The average molecular weight is 561 g/mol. The van der Waals surface area contributed by atoms with E-state index in [1.54, 1.807) is 18.2 Å². The highest BCUT2D eigenvalue weighted by Gasteiger charge is 2.31. The van der Waals surface area contributed by atoms with Crippen molar-refractivity contribution in [2.75, 3.05) is 6.61 Å². The summed E-state index contributed by atoms with van der Waals surface area (Å²) >= 11 is 0. The largest absolute Gasteiger partial charge is 0.489 e. The van der Waals surface area contributed by atoms with Crippen LogP contribution in [-0.4, -0.2) is 12.6 Å². The highest BCUT2D eigenvalue weighted by Crippen LogP contribution is 2.44. The number of nitrogens with zero attached hydrogens (tertiary/aromatic N) is 1. The molecule has 0 radical (unpaired) electrons. The Balaban J connectivity index is 1.30. The van der Waals surface area contributed by atoms with Crippen LogP contribution in [-0.2, 0) is 11.4 Å². The van der Waals surface area contributed by atoms with Crippen LogP contribution < -0.4 is 24.7 Å². The minimum absolute atomic E-state index is 0.00219. The molecule has 1 atom stereocenters. The zero-order chi connectivity index (χ0) is 29.6. The van der Waals surface area contributed by atoms with E-state index in [1.165, 1.54) is 11.1 Å². The van der Waals surface area contributed by atoms with Gasteiger partial charge in [0.25, 0.3) is 0 Å². The zero-order valence-corrected chi connectivity index (χ0v) is 23.8. The normalized spacial score (nSPS) is 14.0. The number of ether oxygens (including phenoxy) is 4. The Morgan fingerprint density at radius 3 is 2.38 bits per heavy atom. The summed E-state index contributed by atoms with van der Waals surface area (Å²) in [6, 6.07) is 30.6. The number of allylic oxidation sites excluding steroid dienone is 1. The molecule has 0 bridgehead atoms. The highest BCUT2D eigenvalue weighted by molar-refractivity contribution is 5.74. The first kappa shape index (κ1) is 28.3. The second-order valence-corrected chi connectivity index (χ2v) is 10.5. The Labute approximate surface area is 245 Å². The molecule has 212 valence electrons. The van der Waals surface area contributed by atoms with Crippen LogP contribution in [0.1, 0.15) is 53.5 Å². The van der Waals surface area contributed by atoms with Crippen molar-refractivity contribution in [3.05, 3.63) is 130 Å². The molecule has 0 saturated carbocycles. The Morgan fingerprint density at radius 1 is 0.929 bits per heavy atom. The average Bonchev–Trinajstić information content (AvgIpc) is 2.99. The van der Waals surface area contributed by atoms with Gasteiger partial charge in [0.05, 0.1) is 5.92 Å². The first-order chi connectivity index (χ1) is 20.3. The lowest BCUT2D eigenvalue weighted by atomic mass is 9.83. The zero-order valence-electron chi connectivity index (χ0n) is 23.8. The first-order valence-electron chi connectivity index (χ1n) is 13.7. The number of nitriles is 1. The number of benzene rings is 4. The summed E-state index contributed by atoms with van der Waals surface area (Å²) in [5.74, 6) is 1.29. The molecule has 42 heavy (non-hydrogen) atoms. The number of nitrogens with two attached hydrogens (primary N) is 1. The number of carbonyl (C=O) groups excluding carboxylic acids is 1. The number of hydrogen-bond acceptors (Lipinski definition) is 7. The Bertz CT molecular complexity index is 1650. The number of rotatable bonds is 9. The van der Waals surface area contributed by atoms with E-state index in [1.807, 2.05) is 79.7 Å². The number of aryl methyl sites for hydroxylation is 1. The van der Waals surface area contributed by atoms with Gasteiger partial charge < -0.3 is 24.7 Å². The monoisotopic (exact) mass is 560 g/mol. The topological polar surface area (TPSA) is 104 Å². The van der Waals surface area contributed by atoms with Crippen LogP contribution in [0.5, 0.6) is 23.0 Å². The van der Waals surface area contributed by atoms with E-state index in [2.05, 4.69) is 19.9 Å². The molecule has 1 heterocycles. The van der Waals surface area contributed by atoms with Gasteiger partial charge in [-0.15, -0.1) is 0 Å². The molecule has 1 aliphatic heterocycles. The van der Waals surface area contributed by atoms with E-state index >= 15 is 0 Å². The number of esters is 1. The third kappa shape index (κ3) is 6.56. The fourth-order valence-corrected chi connectivity index (χ4v) is 4.73. The molecular weight excluding hydrogens is 528 g/mol. The van der Waals surface area contributed by atoms with Crippen molar-refractivity contribution < 1.29 is 23.7 Å². The van der Waals surface area contributed by atoms with Gasteiger partial charge in [0, 0.05) is 11.6 Å².